The van der Waals surface area contributed by atoms with Crippen molar-refractivity contribution in [3.05, 3.63) is 83.7 Å². The van der Waals surface area contributed by atoms with Crippen molar-refractivity contribution in [2.75, 3.05) is 31.5 Å². The van der Waals surface area contributed by atoms with Crippen molar-refractivity contribution in [3.63, 3.8) is 0 Å². The minimum absolute atomic E-state index is 0.0108. The SMILES string of the molecule is CCC1CCN(CCNC(=O)Nc2nc3c(-c4cccc(C(F)(F)F)c4)c(C)c(-c4ccnn4-c4ccc(C#N)cc4)cn3n2)CC1. The first kappa shape index (κ1) is 31.7. The normalized spacial score (nSPS) is 14.3. The number of pyridine rings is 1. The van der Waals surface area contributed by atoms with Gasteiger partial charge in [-0.1, -0.05) is 25.5 Å². The Morgan fingerprint density at radius 2 is 1.87 bits per heavy atom. The zero-order valence-corrected chi connectivity index (χ0v) is 26.1. The van der Waals surface area contributed by atoms with E-state index in [4.69, 9.17) is 0 Å². The summed E-state index contributed by atoms with van der Waals surface area (Å²) in [4.78, 5) is 19.7. The molecule has 0 atom stereocenters. The molecule has 0 unspecified atom stereocenters. The van der Waals surface area contributed by atoms with Crippen molar-refractivity contribution < 1.29 is 18.0 Å². The van der Waals surface area contributed by atoms with Gasteiger partial charge in [0.05, 0.1) is 34.8 Å². The molecule has 0 spiro atoms. The van der Waals surface area contributed by atoms with Crippen LogP contribution < -0.4 is 10.6 Å². The van der Waals surface area contributed by atoms with E-state index in [0.717, 1.165) is 50.5 Å². The molecule has 2 amide bonds. The van der Waals surface area contributed by atoms with Gasteiger partial charge in [0.1, 0.15) is 0 Å². The lowest BCUT2D eigenvalue weighted by Gasteiger charge is -2.31. The van der Waals surface area contributed by atoms with E-state index in [1.165, 1.54) is 17.0 Å². The second kappa shape index (κ2) is 13.3. The Labute approximate surface area is 269 Å². The van der Waals surface area contributed by atoms with Gasteiger partial charge in [-0.2, -0.15) is 28.5 Å². The first-order valence-corrected chi connectivity index (χ1v) is 15.5. The maximum atomic E-state index is 13.8. The molecule has 0 radical (unpaired) electrons. The van der Waals surface area contributed by atoms with Gasteiger partial charge in [0.15, 0.2) is 5.65 Å². The molecule has 1 aliphatic heterocycles. The number of carbonyl (C=O) groups excluding carboxylic acids is 1. The lowest BCUT2D eigenvalue weighted by molar-refractivity contribution is -0.137. The van der Waals surface area contributed by atoms with Gasteiger partial charge in [-0.3, -0.25) is 5.32 Å². The Kier molecular flexibility index (Phi) is 8.95. The predicted molar refractivity (Wildman–Crippen MR) is 172 cm³/mol. The second-order valence-corrected chi connectivity index (χ2v) is 11.7. The number of hydrogen-bond donors (Lipinski definition) is 2. The van der Waals surface area contributed by atoms with Gasteiger partial charge >= 0.3 is 12.2 Å². The molecule has 2 aromatic carbocycles. The maximum absolute atomic E-state index is 13.8. The highest BCUT2D eigenvalue weighted by Crippen LogP contribution is 2.38. The smallest absolute Gasteiger partial charge is 0.337 e. The molecule has 1 saturated heterocycles. The number of alkyl halides is 3. The standard InChI is InChI=1S/C34H34F3N9O/c1-3-23-12-16-44(17-13-23)18-15-39-33(47)42-32-41-31-30(25-5-4-6-26(19-25)34(35,36)37)22(2)28(21-45(31)43-32)29-11-14-40-46(29)27-9-7-24(20-38)8-10-27/h4-11,14,19,21,23H,3,12-13,15-18H2,1-2H3,(H2,39,42,43,47). The number of benzene rings is 2. The van der Waals surface area contributed by atoms with Crippen molar-refractivity contribution in [2.24, 2.45) is 5.92 Å². The van der Waals surface area contributed by atoms with Gasteiger partial charge in [0, 0.05) is 30.4 Å². The topological polar surface area (TPSA) is 116 Å². The zero-order valence-electron chi connectivity index (χ0n) is 26.1. The minimum atomic E-state index is -4.55. The van der Waals surface area contributed by atoms with Gasteiger partial charge in [-0.25, -0.2) is 14.0 Å². The number of aromatic nitrogens is 5. The summed E-state index contributed by atoms with van der Waals surface area (Å²) in [5, 5.41) is 23.7. The van der Waals surface area contributed by atoms with Crippen LogP contribution >= 0.6 is 0 Å². The third-order valence-corrected chi connectivity index (χ3v) is 8.75. The molecule has 2 N–H and O–H groups in total. The zero-order chi connectivity index (χ0) is 33.1. The number of urea groups is 1. The van der Waals surface area contributed by atoms with Crippen LogP contribution in [-0.2, 0) is 6.18 Å². The molecule has 4 heterocycles. The molecule has 13 heteroatoms. The van der Waals surface area contributed by atoms with E-state index in [1.807, 2.05) is 0 Å². The summed E-state index contributed by atoms with van der Waals surface area (Å²) >= 11 is 0. The predicted octanol–water partition coefficient (Wildman–Crippen LogP) is 6.69. The number of nitriles is 1. The van der Waals surface area contributed by atoms with Crippen LogP contribution in [0.15, 0.2) is 67.0 Å². The number of hydrogen-bond acceptors (Lipinski definition) is 6. The highest BCUT2D eigenvalue weighted by atomic mass is 19.4. The highest BCUT2D eigenvalue weighted by molar-refractivity contribution is 5.90. The summed E-state index contributed by atoms with van der Waals surface area (Å²) in [7, 11) is 0. The van der Waals surface area contributed by atoms with E-state index >= 15 is 0 Å². The van der Waals surface area contributed by atoms with Crippen molar-refractivity contribution >= 4 is 17.6 Å². The number of carbonyl (C=O) groups is 1. The fourth-order valence-electron chi connectivity index (χ4n) is 6.09. The van der Waals surface area contributed by atoms with Crippen molar-refractivity contribution in [3.8, 4) is 34.1 Å². The molecular formula is C34H34F3N9O. The number of piperidine rings is 1. The Hall–Kier alpha value is -5.22. The van der Waals surface area contributed by atoms with Crippen molar-refractivity contribution in [2.45, 2.75) is 39.3 Å². The van der Waals surface area contributed by atoms with Gasteiger partial charge in [0.2, 0.25) is 0 Å². The van der Waals surface area contributed by atoms with Gasteiger partial charge in [-0.15, -0.1) is 5.10 Å². The molecule has 3 aromatic heterocycles. The first-order valence-electron chi connectivity index (χ1n) is 15.5. The summed E-state index contributed by atoms with van der Waals surface area (Å²) in [5.74, 6) is 0.779. The number of fused-ring (bicyclic) bond motifs is 1. The van der Waals surface area contributed by atoms with Crippen molar-refractivity contribution in [1.29, 1.82) is 5.26 Å². The number of nitrogens with one attached hydrogen (secondary N) is 2. The number of rotatable bonds is 8. The molecule has 242 valence electrons. The monoisotopic (exact) mass is 641 g/mol. The summed E-state index contributed by atoms with van der Waals surface area (Å²) < 4.78 is 44.5. The highest BCUT2D eigenvalue weighted by Gasteiger charge is 2.31. The largest absolute Gasteiger partial charge is 0.416 e. The molecular weight excluding hydrogens is 607 g/mol. The Bertz CT molecular complexity index is 1930. The molecule has 0 bridgehead atoms. The Morgan fingerprint density at radius 3 is 2.57 bits per heavy atom. The summed E-state index contributed by atoms with van der Waals surface area (Å²) in [6.45, 7) is 7.24. The third-order valence-electron chi connectivity index (χ3n) is 8.75. The van der Waals surface area contributed by atoms with E-state index in [9.17, 15) is 23.2 Å². The number of amides is 2. The average molecular weight is 642 g/mol. The Morgan fingerprint density at radius 1 is 1.11 bits per heavy atom. The van der Waals surface area contributed by atoms with Crippen LogP contribution in [0, 0.1) is 24.2 Å². The maximum Gasteiger partial charge on any atom is 0.416 e. The van der Waals surface area contributed by atoms with Gasteiger partial charge < -0.3 is 10.2 Å². The van der Waals surface area contributed by atoms with E-state index in [0.29, 0.717) is 45.7 Å². The molecule has 47 heavy (non-hydrogen) atoms. The molecule has 6 rings (SSSR count). The van der Waals surface area contributed by atoms with Crippen LogP contribution in [0.5, 0.6) is 0 Å². The fraction of sp³-hybridized carbons (Fsp3) is 0.324. The summed E-state index contributed by atoms with van der Waals surface area (Å²) in [6, 6.07) is 15.4. The molecule has 5 aromatic rings. The van der Waals surface area contributed by atoms with Crippen LogP contribution in [0.2, 0.25) is 0 Å². The van der Waals surface area contributed by atoms with Crippen LogP contribution in [0.1, 0.15) is 42.9 Å². The van der Waals surface area contributed by atoms with Crippen LogP contribution in [-0.4, -0.2) is 61.5 Å². The second-order valence-electron chi connectivity index (χ2n) is 11.7. The molecule has 0 saturated carbocycles. The number of likely N-dealkylation sites (tertiary alicyclic amines) is 1. The van der Waals surface area contributed by atoms with E-state index in [2.05, 4.69) is 43.7 Å². The number of halogens is 3. The molecule has 1 aliphatic rings. The van der Waals surface area contributed by atoms with Gasteiger partial charge in [0.25, 0.3) is 5.95 Å². The number of nitrogens with zero attached hydrogens (tertiary/aromatic N) is 7. The van der Waals surface area contributed by atoms with Crippen LogP contribution in [0.25, 0.3) is 33.7 Å². The summed E-state index contributed by atoms with van der Waals surface area (Å²) in [6.07, 6.45) is 2.31. The van der Waals surface area contributed by atoms with Crippen LogP contribution in [0.3, 0.4) is 0 Å². The van der Waals surface area contributed by atoms with E-state index in [-0.39, 0.29) is 11.6 Å². The quantitative estimate of drug-likeness (QED) is 0.195. The molecule has 1 fully saturated rings. The minimum Gasteiger partial charge on any atom is -0.337 e. The van der Waals surface area contributed by atoms with E-state index < -0.39 is 17.8 Å². The molecule has 10 nitrogen and oxygen atoms in total. The fourth-order valence-corrected chi connectivity index (χ4v) is 6.09. The van der Waals surface area contributed by atoms with E-state index in [1.54, 1.807) is 60.4 Å². The van der Waals surface area contributed by atoms with Gasteiger partial charge in [-0.05, 0) is 92.4 Å². The van der Waals surface area contributed by atoms with Crippen molar-refractivity contribution in [1.82, 2.24) is 34.6 Å². The molecule has 0 aliphatic carbocycles. The Balaban J connectivity index is 1.34. The third kappa shape index (κ3) is 6.83. The lowest BCUT2D eigenvalue weighted by atomic mass is 9.94. The summed E-state index contributed by atoms with van der Waals surface area (Å²) in [5.41, 5.74) is 3.32. The average Bonchev–Trinajstić information content (AvgIpc) is 3.71. The van der Waals surface area contributed by atoms with Crippen LogP contribution in [0.4, 0.5) is 23.9 Å². The first-order chi connectivity index (χ1) is 22.6. The lowest BCUT2D eigenvalue weighted by Crippen LogP contribution is -2.40. The number of anilines is 1.